The Morgan fingerprint density at radius 2 is 2.00 bits per heavy atom. The largest absolute Gasteiger partial charge is 0.319 e. The summed E-state index contributed by atoms with van der Waals surface area (Å²) in [6, 6.07) is 7.28. The van der Waals surface area contributed by atoms with Gasteiger partial charge in [0.25, 0.3) is 5.91 Å². The summed E-state index contributed by atoms with van der Waals surface area (Å²) in [6.45, 7) is 0. The topological polar surface area (TPSA) is 63.6 Å². The van der Waals surface area contributed by atoms with Gasteiger partial charge in [-0.3, -0.25) is 4.79 Å². The molecule has 0 unspecified atom stereocenters. The standard InChI is InChI=1S/C9H5NO3S2/c11-9(10-15(12)13)7-5-14-8-4-2-1-3-6(7)8/h1-5H. The van der Waals surface area contributed by atoms with Gasteiger partial charge in [0.1, 0.15) is 0 Å². The van der Waals surface area contributed by atoms with Gasteiger partial charge in [-0.25, -0.2) is 0 Å². The fraction of sp³-hybridized carbons (Fsp3) is 0. The van der Waals surface area contributed by atoms with E-state index in [0.29, 0.717) is 5.56 Å². The van der Waals surface area contributed by atoms with Gasteiger partial charge < -0.3 is 0 Å². The molecule has 0 saturated heterocycles. The summed E-state index contributed by atoms with van der Waals surface area (Å²) >= 11 is 1.39. The Morgan fingerprint density at radius 1 is 1.27 bits per heavy atom. The number of hydrogen-bond acceptors (Lipinski definition) is 4. The molecule has 0 fully saturated rings. The molecule has 1 amide bonds. The van der Waals surface area contributed by atoms with E-state index in [2.05, 4.69) is 4.36 Å². The Labute approximate surface area is 90.9 Å². The third kappa shape index (κ3) is 1.95. The summed E-state index contributed by atoms with van der Waals surface area (Å²) in [5.41, 5.74) is 0.333. The molecule has 0 aliphatic carbocycles. The van der Waals surface area contributed by atoms with Crippen molar-refractivity contribution in [2.45, 2.75) is 0 Å². The lowest BCUT2D eigenvalue weighted by Crippen LogP contribution is -1.91. The van der Waals surface area contributed by atoms with E-state index in [1.807, 2.05) is 12.1 Å². The molecule has 0 bridgehead atoms. The van der Waals surface area contributed by atoms with Gasteiger partial charge in [0, 0.05) is 15.5 Å². The van der Waals surface area contributed by atoms with Crippen molar-refractivity contribution in [3.8, 4) is 0 Å². The number of carbonyl (C=O) groups is 1. The highest BCUT2D eigenvalue weighted by atomic mass is 32.2. The van der Waals surface area contributed by atoms with Crippen molar-refractivity contribution in [3.63, 3.8) is 0 Å². The lowest BCUT2D eigenvalue weighted by atomic mass is 10.2. The Morgan fingerprint density at radius 3 is 2.73 bits per heavy atom. The van der Waals surface area contributed by atoms with Crippen molar-refractivity contribution >= 4 is 37.8 Å². The first-order valence-corrected chi connectivity index (χ1v) is 5.91. The van der Waals surface area contributed by atoms with E-state index in [1.54, 1.807) is 17.5 Å². The number of fused-ring (bicyclic) bond motifs is 1. The van der Waals surface area contributed by atoms with Gasteiger partial charge in [0.05, 0.1) is 5.56 Å². The maximum Gasteiger partial charge on any atom is 0.319 e. The summed E-state index contributed by atoms with van der Waals surface area (Å²) in [5, 5.41) is 2.35. The summed E-state index contributed by atoms with van der Waals surface area (Å²) in [7, 11) is -2.69. The van der Waals surface area contributed by atoms with Crippen LogP contribution < -0.4 is 0 Å². The van der Waals surface area contributed by atoms with Crippen LogP contribution in [0.4, 0.5) is 0 Å². The van der Waals surface area contributed by atoms with Gasteiger partial charge in [-0.15, -0.1) is 11.3 Å². The normalized spacial score (nSPS) is 10.1. The molecule has 15 heavy (non-hydrogen) atoms. The van der Waals surface area contributed by atoms with Crippen LogP contribution in [0.15, 0.2) is 34.0 Å². The molecule has 0 atom stereocenters. The molecule has 2 aromatic rings. The highest BCUT2D eigenvalue weighted by Crippen LogP contribution is 2.25. The molecule has 0 radical (unpaired) electrons. The molecule has 1 aromatic heterocycles. The number of rotatable bonds is 1. The number of thiophene rings is 1. The predicted molar refractivity (Wildman–Crippen MR) is 57.5 cm³/mol. The van der Waals surface area contributed by atoms with Crippen LogP contribution in [0.2, 0.25) is 0 Å². The lowest BCUT2D eigenvalue weighted by molar-refractivity contribution is 0.101. The Kier molecular flexibility index (Phi) is 2.61. The second-order valence-electron chi connectivity index (χ2n) is 2.76. The molecule has 1 heterocycles. The molecule has 0 saturated carbocycles. The van der Waals surface area contributed by atoms with Crippen molar-refractivity contribution < 1.29 is 13.2 Å². The van der Waals surface area contributed by atoms with Crippen LogP contribution in [-0.4, -0.2) is 14.3 Å². The molecular formula is C9H5NO3S2. The number of carbonyl (C=O) groups excluding carboxylic acids is 1. The Bertz CT molecular complexity index is 647. The van der Waals surface area contributed by atoms with Gasteiger partial charge in [0.15, 0.2) is 0 Å². The first-order chi connectivity index (χ1) is 7.18. The maximum absolute atomic E-state index is 11.4. The average molecular weight is 239 g/mol. The van der Waals surface area contributed by atoms with Gasteiger partial charge in [0.2, 0.25) is 0 Å². The molecule has 4 nitrogen and oxygen atoms in total. The van der Waals surface area contributed by atoms with E-state index in [9.17, 15) is 13.2 Å². The van der Waals surface area contributed by atoms with Crippen LogP contribution in [-0.2, 0) is 10.5 Å². The zero-order chi connectivity index (χ0) is 10.8. The molecule has 0 N–H and O–H groups in total. The third-order valence-electron chi connectivity index (χ3n) is 1.87. The predicted octanol–water partition coefficient (Wildman–Crippen LogP) is 2.10. The minimum Gasteiger partial charge on any atom is -0.266 e. The Balaban J connectivity index is 2.63. The van der Waals surface area contributed by atoms with Gasteiger partial charge in [-0.2, -0.15) is 8.42 Å². The van der Waals surface area contributed by atoms with E-state index in [-0.39, 0.29) is 0 Å². The zero-order valence-electron chi connectivity index (χ0n) is 7.38. The molecule has 0 spiro atoms. The Hall–Kier alpha value is -1.53. The number of benzene rings is 1. The van der Waals surface area contributed by atoms with Crippen LogP contribution in [0.1, 0.15) is 10.4 Å². The van der Waals surface area contributed by atoms with Gasteiger partial charge >= 0.3 is 10.5 Å². The van der Waals surface area contributed by atoms with Crippen LogP contribution >= 0.6 is 11.3 Å². The van der Waals surface area contributed by atoms with E-state index in [0.717, 1.165) is 10.1 Å². The molecule has 6 heteroatoms. The van der Waals surface area contributed by atoms with E-state index in [4.69, 9.17) is 0 Å². The summed E-state index contributed by atoms with van der Waals surface area (Å²) in [6.07, 6.45) is 0. The van der Waals surface area contributed by atoms with Crippen LogP contribution in [0.5, 0.6) is 0 Å². The first kappa shape index (κ1) is 10.0. The fourth-order valence-corrected chi connectivity index (χ4v) is 2.43. The van der Waals surface area contributed by atoms with E-state index in [1.165, 1.54) is 11.3 Å². The molecule has 1 aromatic carbocycles. The van der Waals surface area contributed by atoms with Crippen molar-refractivity contribution in [2.24, 2.45) is 4.36 Å². The molecular weight excluding hydrogens is 234 g/mol. The van der Waals surface area contributed by atoms with Crippen molar-refractivity contribution in [3.05, 3.63) is 35.2 Å². The highest BCUT2D eigenvalue weighted by molar-refractivity contribution is 7.62. The number of nitrogens with zero attached hydrogens (tertiary/aromatic N) is 1. The van der Waals surface area contributed by atoms with Gasteiger partial charge in [-0.1, -0.05) is 22.6 Å². The zero-order valence-corrected chi connectivity index (χ0v) is 9.01. The maximum atomic E-state index is 11.4. The van der Waals surface area contributed by atoms with Crippen molar-refractivity contribution in [1.82, 2.24) is 0 Å². The fourth-order valence-electron chi connectivity index (χ4n) is 1.26. The molecule has 76 valence electrons. The van der Waals surface area contributed by atoms with Crippen LogP contribution in [0, 0.1) is 0 Å². The first-order valence-electron chi connectivity index (χ1n) is 4.00. The summed E-state index contributed by atoms with van der Waals surface area (Å²) in [4.78, 5) is 11.4. The summed E-state index contributed by atoms with van der Waals surface area (Å²) < 4.78 is 24.4. The quantitative estimate of drug-likeness (QED) is 0.765. The number of amides is 1. The SMILES string of the molecule is O=C(N=S(=O)=O)c1csc2ccccc12. The van der Waals surface area contributed by atoms with Crippen molar-refractivity contribution in [1.29, 1.82) is 0 Å². The minimum atomic E-state index is -2.69. The van der Waals surface area contributed by atoms with Crippen LogP contribution in [0.25, 0.3) is 10.1 Å². The molecule has 2 rings (SSSR count). The second kappa shape index (κ2) is 3.92. The molecule has 0 aliphatic rings. The van der Waals surface area contributed by atoms with Crippen LogP contribution in [0.3, 0.4) is 0 Å². The minimum absolute atomic E-state index is 0.333. The lowest BCUT2D eigenvalue weighted by Gasteiger charge is -1.90. The van der Waals surface area contributed by atoms with Gasteiger partial charge in [-0.05, 0) is 6.07 Å². The molecule has 0 aliphatic heterocycles. The smallest absolute Gasteiger partial charge is 0.266 e. The monoisotopic (exact) mass is 239 g/mol. The van der Waals surface area contributed by atoms with Crippen molar-refractivity contribution in [2.75, 3.05) is 0 Å². The second-order valence-corrected chi connectivity index (χ2v) is 4.29. The van der Waals surface area contributed by atoms with E-state index >= 15 is 0 Å². The number of hydrogen-bond donors (Lipinski definition) is 0. The average Bonchev–Trinajstić information content (AvgIpc) is 2.59. The summed E-state index contributed by atoms with van der Waals surface area (Å²) in [5.74, 6) is -0.721. The third-order valence-corrected chi connectivity index (χ3v) is 3.15. The highest BCUT2D eigenvalue weighted by Gasteiger charge is 2.10. The van der Waals surface area contributed by atoms with E-state index < -0.39 is 16.4 Å².